The van der Waals surface area contributed by atoms with E-state index in [2.05, 4.69) is 31.2 Å². The molecule has 1 aliphatic carbocycles. The van der Waals surface area contributed by atoms with Crippen LogP contribution < -0.4 is 0 Å². The fourth-order valence-electron chi connectivity index (χ4n) is 3.10. The monoisotopic (exact) mass is 246 g/mol. The molecule has 1 aromatic carbocycles. The highest BCUT2D eigenvalue weighted by atomic mass is 16.3. The summed E-state index contributed by atoms with van der Waals surface area (Å²) in [6, 6.07) is 8.39. The zero-order chi connectivity index (χ0) is 12.8. The van der Waals surface area contributed by atoms with Crippen molar-refractivity contribution >= 4 is 0 Å². The molecule has 1 fully saturated rings. The third-order valence-corrected chi connectivity index (χ3v) is 4.35. The lowest BCUT2D eigenvalue weighted by Crippen LogP contribution is -2.15. The lowest BCUT2D eigenvalue weighted by molar-refractivity contribution is 0.149. The van der Waals surface area contributed by atoms with Crippen LogP contribution in [0.5, 0.6) is 0 Å². The molecule has 0 bridgehead atoms. The summed E-state index contributed by atoms with van der Waals surface area (Å²) in [6.45, 7) is 2.13. The molecule has 0 amide bonds. The summed E-state index contributed by atoms with van der Waals surface area (Å²) in [6.07, 6.45) is 9.84. The van der Waals surface area contributed by atoms with Gasteiger partial charge in [0.25, 0.3) is 0 Å². The van der Waals surface area contributed by atoms with Gasteiger partial charge in [0.05, 0.1) is 6.10 Å². The van der Waals surface area contributed by atoms with Gasteiger partial charge in [-0.3, -0.25) is 0 Å². The minimum absolute atomic E-state index is 0.159. The summed E-state index contributed by atoms with van der Waals surface area (Å²) in [4.78, 5) is 0. The van der Waals surface area contributed by atoms with Crippen molar-refractivity contribution in [2.75, 3.05) is 0 Å². The maximum Gasteiger partial charge on any atom is 0.0580 e. The number of aliphatic hydroxyl groups is 1. The van der Waals surface area contributed by atoms with Gasteiger partial charge < -0.3 is 5.11 Å². The first-order valence-corrected chi connectivity index (χ1v) is 7.48. The first-order valence-electron chi connectivity index (χ1n) is 7.48. The largest absolute Gasteiger partial charge is 0.393 e. The molecule has 0 spiro atoms. The van der Waals surface area contributed by atoms with E-state index in [9.17, 15) is 5.11 Å². The lowest BCUT2D eigenvalue weighted by Gasteiger charge is -2.22. The van der Waals surface area contributed by atoms with E-state index < -0.39 is 0 Å². The van der Waals surface area contributed by atoms with Crippen molar-refractivity contribution in [1.82, 2.24) is 0 Å². The van der Waals surface area contributed by atoms with Crippen LogP contribution in [0.4, 0.5) is 0 Å². The van der Waals surface area contributed by atoms with Crippen LogP contribution in [0.2, 0.25) is 0 Å². The van der Waals surface area contributed by atoms with Gasteiger partial charge in [0.15, 0.2) is 0 Å². The topological polar surface area (TPSA) is 20.2 Å². The van der Waals surface area contributed by atoms with Crippen molar-refractivity contribution in [3.63, 3.8) is 0 Å². The molecular weight excluding hydrogens is 220 g/mol. The minimum atomic E-state index is -0.159. The third-order valence-electron chi connectivity index (χ3n) is 4.35. The van der Waals surface area contributed by atoms with Gasteiger partial charge >= 0.3 is 0 Å². The Kier molecular flexibility index (Phi) is 5.25. The Labute approximate surface area is 111 Å². The molecule has 1 atom stereocenters. The fourth-order valence-corrected chi connectivity index (χ4v) is 3.10. The molecule has 1 N–H and O–H groups in total. The van der Waals surface area contributed by atoms with Crippen LogP contribution in [0.15, 0.2) is 24.3 Å². The first-order chi connectivity index (χ1) is 8.75. The third kappa shape index (κ3) is 4.13. The molecular formula is C17H26O. The van der Waals surface area contributed by atoms with E-state index >= 15 is 0 Å². The second-order valence-electron chi connectivity index (χ2n) is 5.87. The van der Waals surface area contributed by atoms with Crippen LogP contribution >= 0.6 is 0 Å². The maximum absolute atomic E-state index is 10.2. The molecule has 0 aromatic heterocycles. The van der Waals surface area contributed by atoms with Gasteiger partial charge in [-0.2, -0.15) is 0 Å². The molecule has 0 radical (unpaired) electrons. The predicted molar refractivity (Wildman–Crippen MR) is 76.7 cm³/mol. The maximum atomic E-state index is 10.2. The van der Waals surface area contributed by atoms with Gasteiger partial charge in [0.2, 0.25) is 0 Å². The number of hydrogen-bond acceptors (Lipinski definition) is 1. The van der Waals surface area contributed by atoms with Gasteiger partial charge in [0, 0.05) is 0 Å². The van der Waals surface area contributed by atoms with Crippen molar-refractivity contribution in [3.05, 3.63) is 35.4 Å². The van der Waals surface area contributed by atoms with Crippen LogP contribution in [0.25, 0.3) is 0 Å². The molecule has 0 heterocycles. The Morgan fingerprint density at radius 2 is 1.89 bits per heavy atom. The van der Waals surface area contributed by atoms with Crippen molar-refractivity contribution in [2.24, 2.45) is 5.92 Å². The number of hydrogen-bond donors (Lipinski definition) is 1. The summed E-state index contributed by atoms with van der Waals surface area (Å²) >= 11 is 0. The van der Waals surface area contributed by atoms with Gasteiger partial charge in [-0.05, 0) is 43.2 Å². The van der Waals surface area contributed by atoms with Gasteiger partial charge in [-0.25, -0.2) is 0 Å². The van der Waals surface area contributed by atoms with Gasteiger partial charge in [0.1, 0.15) is 0 Å². The van der Waals surface area contributed by atoms with Crippen molar-refractivity contribution < 1.29 is 5.11 Å². The summed E-state index contributed by atoms with van der Waals surface area (Å²) in [5.41, 5.74) is 2.60. The Balaban J connectivity index is 1.74. The average molecular weight is 246 g/mol. The molecule has 1 unspecified atom stereocenters. The van der Waals surface area contributed by atoms with Crippen LogP contribution in [0.3, 0.4) is 0 Å². The van der Waals surface area contributed by atoms with E-state index in [1.165, 1.54) is 49.7 Å². The van der Waals surface area contributed by atoms with Gasteiger partial charge in [-0.15, -0.1) is 0 Å². The average Bonchev–Trinajstić information content (AvgIpc) is 2.40. The highest BCUT2D eigenvalue weighted by molar-refractivity contribution is 5.26. The van der Waals surface area contributed by atoms with E-state index in [1.54, 1.807) is 0 Å². The normalized spacial score (nSPS) is 18.8. The quantitative estimate of drug-likeness (QED) is 0.823. The van der Waals surface area contributed by atoms with E-state index in [0.717, 1.165) is 18.8 Å². The first kappa shape index (κ1) is 13.6. The molecule has 1 saturated carbocycles. The Morgan fingerprint density at radius 3 is 2.61 bits per heavy atom. The number of aryl methyl sites for hydroxylation is 1. The van der Waals surface area contributed by atoms with E-state index in [4.69, 9.17) is 0 Å². The Bertz CT molecular complexity index is 352. The Hall–Kier alpha value is -0.820. The molecule has 18 heavy (non-hydrogen) atoms. The second-order valence-corrected chi connectivity index (χ2v) is 5.87. The van der Waals surface area contributed by atoms with Crippen LogP contribution in [-0.2, 0) is 6.42 Å². The summed E-state index contributed by atoms with van der Waals surface area (Å²) in [5, 5.41) is 10.2. The molecule has 1 aromatic rings. The zero-order valence-corrected chi connectivity index (χ0v) is 11.6. The van der Waals surface area contributed by atoms with Crippen LogP contribution in [0, 0.1) is 12.8 Å². The summed E-state index contributed by atoms with van der Waals surface area (Å²) in [5.74, 6) is 0.880. The van der Waals surface area contributed by atoms with E-state index in [-0.39, 0.29) is 6.10 Å². The zero-order valence-electron chi connectivity index (χ0n) is 11.6. The molecule has 2 rings (SSSR count). The second kappa shape index (κ2) is 6.94. The summed E-state index contributed by atoms with van der Waals surface area (Å²) in [7, 11) is 0. The predicted octanol–water partition coefficient (Wildman–Crippen LogP) is 4.26. The minimum Gasteiger partial charge on any atom is -0.393 e. The highest BCUT2D eigenvalue weighted by Crippen LogP contribution is 2.28. The van der Waals surface area contributed by atoms with E-state index in [0.29, 0.717) is 0 Å². The summed E-state index contributed by atoms with van der Waals surface area (Å²) < 4.78 is 0. The van der Waals surface area contributed by atoms with Crippen LogP contribution in [0.1, 0.15) is 56.1 Å². The molecule has 1 aliphatic rings. The Morgan fingerprint density at radius 1 is 1.17 bits per heavy atom. The van der Waals surface area contributed by atoms with Crippen molar-refractivity contribution in [2.45, 2.75) is 64.4 Å². The highest BCUT2D eigenvalue weighted by Gasteiger charge is 2.15. The van der Waals surface area contributed by atoms with Crippen LogP contribution in [-0.4, -0.2) is 11.2 Å². The van der Waals surface area contributed by atoms with Crippen molar-refractivity contribution in [1.29, 1.82) is 0 Å². The molecule has 1 nitrogen and oxygen atoms in total. The number of rotatable bonds is 5. The molecule has 100 valence electrons. The molecule has 0 aliphatic heterocycles. The standard InChI is InChI=1S/C17H26O/c1-14-7-5-6-10-16(14)13-17(18)12-11-15-8-3-2-4-9-15/h5-7,10,15,17-18H,2-4,8-9,11-13H2,1H3. The van der Waals surface area contributed by atoms with Crippen molar-refractivity contribution in [3.8, 4) is 0 Å². The lowest BCUT2D eigenvalue weighted by atomic mass is 9.85. The van der Waals surface area contributed by atoms with E-state index in [1.807, 2.05) is 0 Å². The SMILES string of the molecule is Cc1ccccc1CC(O)CCC1CCCCC1. The van der Waals surface area contributed by atoms with Gasteiger partial charge in [-0.1, -0.05) is 56.4 Å². The molecule has 1 heteroatoms. The number of benzene rings is 1. The number of aliphatic hydroxyl groups excluding tert-OH is 1. The fraction of sp³-hybridized carbons (Fsp3) is 0.647. The smallest absolute Gasteiger partial charge is 0.0580 e. The molecule has 0 saturated heterocycles.